The summed E-state index contributed by atoms with van der Waals surface area (Å²) in [6.07, 6.45) is 1.09. The minimum atomic E-state index is 0.216. The van der Waals surface area contributed by atoms with Crippen molar-refractivity contribution in [2.24, 2.45) is 11.2 Å². The summed E-state index contributed by atoms with van der Waals surface area (Å²) in [6, 6.07) is 0. The zero-order valence-corrected chi connectivity index (χ0v) is 6.46. The van der Waals surface area contributed by atoms with Gasteiger partial charge in [0.1, 0.15) is 6.73 Å². The van der Waals surface area contributed by atoms with Gasteiger partial charge in [0, 0.05) is 0 Å². The molecule has 0 heterocycles. The van der Waals surface area contributed by atoms with Crippen LogP contribution in [0.3, 0.4) is 0 Å². The van der Waals surface area contributed by atoms with Crippen molar-refractivity contribution in [3.63, 3.8) is 0 Å². The van der Waals surface area contributed by atoms with Gasteiger partial charge in [-0.3, -0.25) is 0 Å². The van der Waals surface area contributed by atoms with E-state index in [9.17, 15) is 4.91 Å². The fourth-order valence-corrected chi connectivity index (χ4v) is 0.450. The van der Waals surface area contributed by atoms with Crippen molar-refractivity contribution < 1.29 is 4.74 Å². The number of nitroso groups, excluding NO2 is 1. The van der Waals surface area contributed by atoms with Gasteiger partial charge in [-0.15, -0.1) is 4.91 Å². The van der Waals surface area contributed by atoms with Crippen molar-refractivity contribution in [3.05, 3.63) is 4.91 Å². The van der Waals surface area contributed by atoms with Crippen molar-refractivity contribution in [1.82, 2.24) is 5.43 Å². The fourth-order valence-electron chi connectivity index (χ4n) is 0.450. The van der Waals surface area contributed by atoms with Crippen LogP contribution < -0.4 is 5.43 Å². The first-order valence-corrected chi connectivity index (χ1v) is 3.44. The SMILES string of the molecule is CCC(C)COCNN=O. The Bertz CT molecular complexity index is 87.8. The van der Waals surface area contributed by atoms with Gasteiger partial charge >= 0.3 is 0 Å². The summed E-state index contributed by atoms with van der Waals surface area (Å²) in [5.41, 5.74) is 2.17. The normalized spacial score (nSPS) is 12.6. The van der Waals surface area contributed by atoms with Crippen molar-refractivity contribution >= 4 is 0 Å². The van der Waals surface area contributed by atoms with E-state index in [0.717, 1.165) is 6.42 Å². The highest BCUT2D eigenvalue weighted by molar-refractivity contribution is 4.44. The van der Waals surface area contributed by atoms with Gasteiger partial charge in [0.15, 0.2) is 0 Å². The molecule has 0 rings (SSSR count). The minimum Gasteiger partial charge on any atom is -0.359 e. The van der Waals surface area contributed by atoms with E-state index in [4.69, 9.17) is 4.74 Å². The lowest BCUT2D eigenvalue weighted by Crippen LogP contribution is -2.14. The molecule has 0 saturated heterocycles. The lowest BCUT2D eigenvalue weighted by atomic mass is 10.1. The molecule has 1 N–H and O–H groups in total. The Morgan fingerprint density at radius 2 is 2.40 bits per heavy atom. The molecule has 0 aliphatic heterocycles. The van der Waals surface area contributed by atoms with Gasteiger partial charge in [-0.25, -0.2) is 5.43 Å². The van der Waals surface area contributed by atoms with Crippen LogP contribution in [0.2, 0.25) is 0 Å². The van der Waals surface area contributed by atoms with Crippen LogP contribution in [0.1, 0.15) is 20.3 Å². The maximum atomic E-state index is 9.48. The van der Waals surface area contributed by atoms with Gasteiger partial charge in [0.25, 0.3) is 0 Å². The Morgan fingerprint density at radius 1 is 1.70 bits per heavy atom. The molecule has 60 valence electrons. The van der Waals surface area contributed by atoms with Gasteiger partial charge in [-0.1, -0.05) is 20.3 Å². The molecule has 1 unspecified atom stereocenters. The third-order valence-corrected chi connectivity index (χ3v) is 1.33. The highest BCUT2D eigenvalue weighted by atomic mass is 16.5. The molecule has 0 radical (unpaired) electrons. The maximum absolute atomic E-state index is 9.48. The summed E-state index contributed by atoms with van der Waals surface area (Å²) >= 11 is 0. The second kappa shape index (κ2) is 6.48. The zero-order valence-electron chi connectivity index (χ0n) is 6.46. The predicted octanol–water partition coefficient (Wildman–Crippen LogP) is 1.28. The van der Waals surface area contributed by atoms with Gasteiger partial charge < -0.3 is 4.74 Å². The molecular formula is C6H14N2O2. The molecular weight excluding hydrogens is 132 g/mol. The van der Waals surface area contributed by atoms with E-state index in [-0.39, 0.29) is 6.73 Å². The molecule has 0 aliphatic carbocycles. The van der Waals surface area contributed by atoms with Crippen LogP contribution in [-0.2, 0) is 4.74 Å². The van der Waals surface area contributed by atoms with Gasteiger partial charge in [-0.2, -0.15) is 0 Å². The second-order valence-electron chi connectivity index (χ2n) is 2.28. The number of nitrogens with zero attached hydrogens (tertiary/aromatic N) is 1. The molecule has 0 aromatic rings. The standard InChI is InChI=1S/C6H14N2O2/c1-3-6(2)4-10-5-7-8-9/h6H,3-5H2,1-2H3,(H,7,9). The summed E-state index contributed by atoms with van der Waals surface area (Å²) in [6.45, 7) is 5.08. The summed E-state index contributed by atoms with van der Waals surface area (Å²) < 4.78 is 5.02. The Balaban J connectivity index is 2.95. The lowest BCUT2D eigenvalue weighted by Gasteiger charge is -2.07. The van der Waals surface area contributed by atoms with Crippen LogP contribution >= 0.6 is 0 Å². The lowest BCUT2D eigenvalue weighted by molar-refractivity contribution is 0.0892. The molecule has 0 bridgehead atoms. The molecule has 4 nitrogen and oxygen atoms in total. The molecule has 4 heteroatoms. The number of rotatable bonds is 6. The fraction of sp³-hybridized carbons (Fsp3) is 1.00. The Hall–Kier alpha value is -0.640. The van der Waals surface area contributed by atoms with Crippen molar-refractivity contribution in [2.45, 2.75) is 20.3 Å². The van der Waals surface area contributed by atoms with Crippen LogP contribution in [0.4, 0.5) is 0 Å². The zero-order chi connectivity index (χ0) is 7.82. The molecule has 0 spiro atoms. The molecule has 0 aromatic heterocycles. The summed E-state index contributed by atoms with van der Waals surface area (Å²) in [4.78, 5) is 9.48. The Kier molecular flexibility index (Phi) is 6.06. The van der Waals surface area contributed by atoms with Crippen molar-refractivity contribution in [2.75, 3.05) is 13.3 Å². The van der Waals surface area contributed by atoms with Crippen LogP contribution in [0.5, 0.6) is 0 Å². The maximum Gasteiger partial charge on any atom is 0.135 e. The van der Waals surface area contributed by atoms with Crippen LogP contribution in [0.25, 0.3) is 0 Å². The topological polar surface area (TPSA) is 50.7 Å². The van der Waals surface area contributed by atoms with E-state index < -0.39 is 0 Å². The molecule has 0 saturated carbocycles. The molecule has 0 fully saturated rings. The highest BCUT2D eigenvalue weighted by Crippen LogP contribution is 1.99. The Morgan fingerprint density at radius 3 is 2.90 bits per heavy atom. The first-order chi connectivity index (χ1) is 4.81. The predicted molar refractivity (Wildman–Crippen MR) is 39.2 cm³/mol. The van der Waals surface area contributed by atoms with E-state index in [1.807, 2.05) is 0 Å². The molecule has 10 heavy (non-hydrogen) atoms. The molecule has 0 aromatic carbocycles. The summed E-state index contributed by atoms with van der Waals surface area (Å²) in [5.74, 6) is 0.549. The quantitative estimate of drug-likeness (QED) is 0.266. The number of hydrogen-bond acceptors (Lipinski definition) is 3. The summed E-state index contributed by atoms with van der Waals surface area (Å²) in [5, 5.41) is 2.43. The third-order valence-electron chi connectivity index (χ3n) is 1.33. The first kappa shape index (κ1) is 9.36. The van der Waals surface area contributed by atoms with Crippen LogP contribution in [0.15, 0.2) is 5.29 Å². The largest absolute Gasteiger partial charge is 0.359 e. The van der Waals surface area contributed by atoms with Crippen molar-refractivity contribution in [3.8, 4) is 0 Å². The number of ether oxygens (including phenoxy) is 1. The average molecular weight is 146 g/mol. The van der Waals surface area contributed by atoms with Crippen LogP contribution in [-0.4, -0.2) is 13.3 Å². The van der Waals surface area contributed by atoms with Gasteiger partial charge in [0.05, 0.1) is 11.9 Å². The van der Waals surface area contributed by atoms with E-state index in [0.29, 0.717) is 12.5 Å². The minimum absolute atomic E-state index is 0.216. The Labute approximate surface area is 60.9 Å². The summed E-state index contributed by atoms with van der Waals surface area (Å²) in [7, 11) is 0. The van der Waals surface area contributed by atoms with Crippen molar-refractivity contribution in [1.29, 1.82) is 0 Å². The smallest absolute Gasteiger partial charge is 0.135 e. The third kappa shape index (κ3) is 5.50. The monoisotopic (exact) mass is 146 g/mol. The number of hydrogen-bond donors (Lipinski definition) is 1. The number of nitrogens with one attached hydrogen (secondary N) is 1. The van der Waals surface area contributed by atoms with E-state index >= 15 is 0 Å². The average Bonchev–Trinajstić information content (AvgIpc) is 1.98. The highest BCUT2D eigenvalue weighted by Gasteiger charge is 1.96. The molecule has 0 aliphatic rings. The first-order valence-electron chi connectivity index (χ1n) is 3.44. The van der Waals surface area contributed by atoms with E-state index in [1.165, 1.54) is 0 Å². The molecule has 1 atom stereocenters. The van der Waals surface area contributed by atoms with E-state index in [1.54, 1.807) is 0 Å². The second-order valence-corrected chi connectivity index (χ2v) is 2.28. The van der Waals surface area contributed by atoms with Crippen LogP contribution in [0, 0.1) is 10.8 Å². The van der Waals surface area contributed by atoms with Gasteiger partial charge in [-0.05, 0) is 5.92 Å². The van der Waals surface area contributed by atoms with E-state index in [2.05, 4.69) is 24.6 Å². The molecule has 0 amide bonds. The van der Waals surface area contributed by atoms with Gasteiger partial charge in [0.2, 0.25) is 0 Å².